The molecular weight excluding hydrogens is 276 g/mol. The van der Waals surface area contributed by atoms with E-state index in [-0.39, 0.29) is 5.75 Å². The van der Waals surface area contributed by atoms with Crippen molar-refractivity contribution in [3.05, 3.63) is 54.0 Å². The van der Waals surface area contributed by atoms with Gasteiger partial charge in [0.05, 0.1) is 5.75 Å². The van der Waals surface area contributed by atoms with Gasteiger partial charge in [0, 0.05) is 25.1 Å². The molecule has 0 bridgehead atoms. The largest absolute Gasteiger partial charge is 0.326 e. The molecule has 0 unspecified atom stereocenters. The van der Waals surface area contributed by atoms with E-state index in [9.17, 15) is 8.42 Å². The van der Waals surface area contributed by atoms with Crippen molar-refractivity contribution in [2.45, 2.75) is 13.0 Å². The minimum atomic E-state index is -3.42. The lowest BCUT2D eigenvalue weighted by Crippen LogP contribution is -2.19. The number of nitrogens with one attached hydrogen (secondary N) is 1. The van der Waals surface area contributed by atoms with Crippen molar-refractivity contribution in [3.63, 3.8) is 0 Å². The van der Waals surface area contributed by atoms with Crippen LogP contribution in [-0.2, 0) is 23.0 Å². The molecular formula is C13H16N4O2S. The Kier molecular flexibility index (Phi) is 4.65. The Morgan fingerprint density at radius 2 is 1.85 bits per heavy atom. The van der Waals surface area contributed by atoms with Crippen molar-refractivity contribution < 1.29 is 8.42 Å². The molecule has 0 fully saturated rings. The molecule has 0 aliphatic carbocycles. The van der Waals surface area contributed by atoms with Gasteiger partial charge in [0.15, 0.2) is 0 Å². The highest BCUT2D eigenvalue weighted by Gasteiger charge is 2.11. The van der Waals surface area contributed by atoms with E-state index in [0.29, 0.717) is 18.8 Å². The first kappa shape index (κ1) is 14.4. The zero-order valence-corrected chi connectivity index (χ0v) is 11.7. The molecule has 0 amide bonds. The summed E-state index contributed by atoms with van der Waals surface area (Å²) in [5, 5.41) is 0. The Balaban J connectivity index is 1.96. The Bertz CT molecular complexity index is 642. The summed E-state index contributed by atoms with van der Waals surface area (Å²) in [7, 11) is -3.42. The van der Waals surface area contributed by atoms with Crippen LogP contribution in [0.1, 0.15) is 11.1 Å². The first-order valence-corrected chi connectivity index (χ1v) is 7.79. The van der Waals surface area contributed by atoms with Gasteiger partial charge in [-0.15, -0.1) is 0 Å². The SMILES string of the molecule is NCc1ccc(NS(=O)(=O)CCc2ccncc2)nc1. The summed E-state index contributed by atoms with van der Waals surface area (Å²) < 4.78 is 26.3. The maximum Gasteiger partial charge on any atom is 0.234 e. The van der Waals surface area contributed by atoms with Crippen molar-refractivity contribution in [3.8, 4) is 0 Å². The maximum absolute atomic E-state index is 11.9. The second-order valence-electron chi connectivity index (χ2n) is 4.28. The molecule has 0 spiro atoms. The van der Waals surface area contributed by atoms with E-state index in [1.165, 1.54) is 0 Å². The van der Waals surface area contributed by atoms with E-state index in [2.05, 4.69) is 14.7 Å². The number of aryl methyl sites for hydroxylation is 1. The summed E-state index contributed by atoms with van der Waals surface area (Å²) >= 11 is 0. The molecule has 3 N–H and O–H groups in total. The summed E-state index contributed by atoms with van der Waals surface area (Å²) in [6.07, 6.45) is 5.27. The van der Waals surface area contributed by atoms with Gasteiger partial charge in [0.25, 0.3) is 0 Å². The Morgan fingerprint density at radius 1 is 1.10 bits per heavy atom. The minimum Gasteiger partial charge on any atom is -0.326 e. The smallest absolute Gasteiger partial charge is 0.234 e. The van der Waals surface area contributed by atoms with E-state index >= 15 is 0 Å². The van der Waals surface area contributed by atoms with Crippen molar-refractivity contribution in [1.82, 2.24) is 9.97 Å². The lowest BCUT2D eigenvalue weighted by molar-refractivity contribution is 0.600. The third-order valence-electron chi connectivity index (χ3n) is 2.73. The molecule has 106 valence electrons. The van der Waals surface area contributed by atoms with Gasteiger partial charge in [0.1, 0.15) is 5.82 Å². The number of sulfonamides is 1. The van der Waals surface area contributed by atoms with Crippen LogP contribution in [0.15, 0.2) is 42.9 Å². The van der Waals surface area contributed by atoms with E-state index in [0.717, 1.165) is 11.1 Å². The fraction of sp³-hybridized carbons (Fsp3) is 0.231. The summed E-state index contributed by atoms with van der Waals surface area (Å²) in [6, 6.07) is 6.94. The zero-order chi connectivity index (χ0) is 14.4. The summed E-state index contributed by atoms with van der Waals surface area (Å²) in [6.45, 7) is 0.377. The van der Waals surface area contributed by atoms with Crippen molar-refractivity contribution in [2.24, 2.45) is 5.73 Å². The highest BCUT2D eigenvalue weighted by Crippen LogP contribution is 2.08. The van der Waals surface area contributed by atoms with Crippen LogP contribution in [0.25, 0.3) is 0 Å². The number of hydrogen-bond donors (Lipinski definition) is 2. The van der Waals surface area contributed by atoms with Crippen LogP contribution < -0.4 is 10.5 Å². The molecule has 0 aliphatic heterocycles. The molecule has 2 aromatic heterocycles. The van der Waals surface area contributed by atoms with E-state index in [1.54, 1.807) is 42.9 Å². The topological polar surface area (TPSA) is 98.0 Å². The minimum absolute atomic E-state index is 0.00265. The number of anilines is 1. The molecule has 0 saturated carbocycles. The quantitative estimate of drug-likeness (QED) is 0.825. The zero-order valence-electron chi connectivity index (χ0n) is 10.9. The van der Waals surface area contributed by atoms with Crippen molar-refractivity contribution in [1.29, 1.82) is 0 Å². The molecule has 7 heteroatoms. The molecule has 2 heterocycles. The highest BCUT2D eigenvalue weighted by atomic mass is 32.2. The maximum atomic E-state index is 11.9. The molecule has 20 heavy (non-hydrogen) atoms. The third kappa shape index (κ3) is 4.29. The Morgan fingerprint density at radius 3 is 2.45 bits per heavy atom. The van der Waals surface area contributed by atoms with Crippen LogP contribution in [0.4, 0.5) is 5.82 Å². The molecule has 0 aliphatic rings. The molecule has 0 radical (unpaired) electrons. The fourth-order valence-corrected chi connectivity index (χ4v) is 2.66. The molecule has 6 nitrogen and oxygen atoms in total. The van der Waals surface area contributed by atoms with Crippen LogP contribution in [0.5, 0.6) is 0 Å². The van der Waals surface area contributed by atoms with E-state index in [1.807, 2.05) is 0 Å². The average Bonchev–Trinajstić information content (AvgIpc) is 2.47. The first-order chi connectivity index (χ1) is 9.59. The van der Waals surface area contributed by atoms with Gasteiger partial charge in [-0.3, -0.25) is 9.71 Å². The summed E-state index contributed by atoms with van der Waals surface area (Å²) in [4.78, 5) is 7.90. The normalized spacial score (nSPS) is 11.2. The number of hydrogen-bond acceptors (Lipinski definition) is 5. The lowest BCUT2D eigenvalue weighted by Gasteiger charge is -2.07. The van der Waals surface area contributed by atoms with Gasteiger partial charge in [0.2, 0.25) is 10.0 Å². The number of pyridine rings is 2. The van der Waals surface area contributed by atoms with Crippen molar-refractivity contribution in [2.75, 3.05) is 10.5 Å². The van der Waals surface area contributed by atoms with Crippen LogP contribution in [0.2, 0.25) is 0 Å². The monoisotopic (exact) mass is 292 g/mol. The van der Waals surface area contributed by atoms with Gasteiger partial charge >= 0.3 is 0 Å². The van der Waals surface area contributed by atoms with Gasteiger partial charge < -0.3 is 5.73 Å². The van der Waals surface area contributed by atoms with E-state index in [4.69, 9.17) is 5.73 Å². The summed E-state index contributed by atoms with van der Waals surface area (Å²) in [5.74, 6) is 0.300. The molecule has 2 rings (SSSR count). The predicted molar refractivity (Wildman–Crippen MR) is 77.5 cm³/mol. The summed E-state index contributed by atoms with van der Waals surface area (Å²) in [5.41, 5.74) is 7.23. The number of nitrogens with zero attached hydrogens (tertiary/aromatic N) is 2. The second-order valence-corrected chi connectivity index (χ2v) is 6.12. The van der Waals surface area contributed by atoms with Gasteiger partial charge in [-0.25, -0.2) is 13.4 Å². The highest BCUT2D eigenvalue weighted by molar-refractivity contribution is 7.92. The molecule has 0 aromatic carbocycles. The van der Waals surface area contributed by atoms with Gasteiger partial charge in [-0.2, -0.15) is 0 Å². The average molecular weight is 292 g/mol. The standard InChI is InChI=1S/C13H16N4O2S/c14-9-12-1-2-13(16-10-12)17-20(18,19)8-5-11-3-6-15-7-4-11/h1-4,6-7,10H,5,8-9,14H2,(H,16,17). The van der Waals surface area contributed by atoms with Crippen LogP contribution in [0.3, 0.4) is 0 Å². The first-order valence-electron chi connectivity index (χ1n) is 6.13. The van der Waals surface area contributed by atoms with Gasteiger partial charge in [-0.05, 0) is 35.7 Å². The third-order valence-corrected chi connectivity index (χ3v) is 3.99. The molecule has 2 aromatic rings. The number of nitrogens with two attached hydrogens (primary N) is 1. The second kappa shape index (κ2) is 6.44. The fourth-order valence-electron chi connectivity index (χ4n) is 1.62. The molecule has 0 saturated heterocycles. The van der Waals surface area contributed by atoms with Crippen molar-refractivity contribution >= 4 is 15.8 Å². The van der Waals surface area contributed by atoms with E-state index < -0.39 is 10.0 Å². The Hall–Kier alpha value is -1.99. The van der Waals surface area contributed by atoms with Crippen LogP contribution in [-0.4, -0.2) is 24.1 Å². The van der Waals surface area contributed by atoms with Crippen LogP contribution in [0, 0.1) is 0 Å². The van der Waals surface area contributed by atoms with Gasteiger partial charge in [-0.1, -0.05) is 6.07 Å². The van der Waals surface area contributed by atoms with Crippen LogP contribution >= 0.6 is 0 Å². The molecule has 0 atom stereocenters. The lowest BCUT2D eigenvalue weighted by atomic mass is 10.2. The number of rotatable bonds is 6. The Labute approximate surface area is 118 Å². The number of aromatic nitrogens is 2. The predicted octanol–water partition coefficient (Wildman–Crippen LogP) is 0.920.